The summed E-state index contributed by atoms with van der Waals surface area (Å²) in [5, 5.41) is 5.69. The fourth-order valence-corrected chi connectivity index (χ4v) is 1.36. The molecule has 6 nitrogen and oxygen atoms in total. The van der Waals surface area contributed by atoms with E-state index < -0.39 is 0 Å². The van der Waals surface area contributed by atoms with Crippen LogP contribution in [0, 0.1) is 0 Å². The van der Waals surface area contributed by atoms with Gasteiger partial charge in [-0.2, -0.15) is 0 Å². The molecule has 14 heavy (non-hydrogen) atoms. The third-order valence-corrected chi connectivity index (χ3v) is 2.01. The molecule has 0 saturated carbocycles. The number of nitrogens with zero attached hydrogens (tertiary/aromatic N) is 1. The highest BCUT2D eigenvalue weighted by Gasteiger charge is 2.21. The summed E-state index contributed by atoms with van der Waals surface area (Å²) in [5.41, 5.74) is -0.209. The Morgan fingerprint density at radius 3 is 3.00 bits per heavy atom. The molecule has 0 aromatic carbocycles. The number of carbonyl (C=O) groups is 1. The minimum atomic E-state index is -0.209. The summed E-state index contributed by atoms with van der Waals surface area (Å²) in [5.74, 6) is 0.516. The number of anilines is 1. The first-order chi connectivity index (χ1) is 6.74. The molecule has 74 valence electrons. The second-order valence-electron chi connectivity index (χ2n) is 3.15. The Labute approximate surface area is 79.7 Å². The van der Waals surface area contributed by atoms with Crippen molar-refractivity contribution in [1.82, 2.24) is 15.3 Å². The average molecular weight is 194 g/mol. The van der Waals surface area contributed by atoms with E-state index in [9.17, 15) is 9.59 Å². The lowest BCUT2D eigenvalue weighted by Crippen LogP contribution is -2.23. The molecule has 0 spiro atoms. The Hall–Kier alpha value is -1.85. The van der Waals surface area contributed by atoms with E-state index >= 15 is 0 Å². The van der Waals surface area contributed by atoms with Gasteiger partial charge in [-0.3, -0.25) is 9.59 Å². The molecule has 0 aliphatic carbocycles. The number of amides is 1. The van der Waals surface area contributed by atoms with Gasteiger partial charge in [-0.05, 0) is 0 Å². The smallest absolute Gasteiger partial charge is 0.252 e. The van der Waals surface area contributed by atoms with Crippen molar-refractivity contribution < 1.29 is 4.79 Å². The Morgan fingerprint density at radius 2 is 2.36 bits per heavy atom. The van der Waals surface area contributed by atoms with Gasteiger partial charge in [0.2, 0.25) is 5.91 Å². The Balaban J connectivity index is 2.04. The van der Waals surface area contributed by atoms with Gasteiger partial charge in [-0.15, -0.1) is 0 Å². The van der Waals surface area contributed by atoms with Crippen LogP contribution in [-0.2, 0) is 4.79 Å². The highest BCUT2D eigenvalue weighted by atomic mass is 16.2. The van der Waals surface area contributed by atoms with Crippen LogP contribution in [0.1, 0.15) is 6.42 Å². The summed E-state index contributed by atoms with van der Waals surface area (Å²) >= 11 is 0. The van der Waals surface area contributed by atoms with Gasteiger partial charge in [0.1, 0.15) is 5.82 Å². The number of hydrogen-bond acceptors (Lipinski definition) is 4. The van der Waals surface area contributed by atoms with Gasteiger partial charge in [0, 0.05) is 19.0 Å². The number of nitrogens with one attached hydrogen (secondary N) is 3. The van der Waals surface area contributed by atoms with Gasteiger partial charge in [0.15, 0.2) is 0 Å². The standard InChI is InChI=1S/C8H10N4O2/c13-7-1-5(3-9-7)12-6-2-8(14)11-4-10-6/h2,4-5H,1,3H2,(H,9,13)(H2,10,11,12,14). The van der Waals surface area contributed by atoms with Gasteiger partial charge in [-0.1, -0.05) is 0 Å². The molecule has 1 saturated heterocycles. The molecule has 1 aliphatic heterocycles. The van der Waals surface area contributed by atoms with Gasteiger partial charge in [0.25, 0.3) is 5.56 Å². The summed E-state index contributed by atoms with van der Waals surface area (Å²) in [6.07, 6.45) is 1.75. The fraction of sp³-hybridized carbons (Fsp3) is 0.375. The van der Waals surface area contributed by atoms with Crippen molar-refractivity contribution in [2.75, 3.05) is 11.9 Å². The Bertz CT molecular complexity index is 400. The van der Waals surface area contributed by atoms with Crippen LogP contribution in [0.4, 0.5) is 5.82 Å². The van der Waals surface area contributed by atoms with E-state index in [2.05, 4.69) is 20.6 Å². The number of rotatable bonds is 2. The molecule has 1 unspecified atom stereocenters. The molecule has 1 aliphatic rings. The molecule has 1 aromatic heterocycles. The maximum Gasteiger partial charge on any atom is 0.252 e. The van der Waals surface area contributed by atoms with Gasteiger partial charge in [-0.25, -0.2) is 4.98 Å². The van der Waals surface area contributed by atoms with Crippen molar-refractivity contribution in [3.05, 3.63) is 22.7 Å². The summed E-state index contributed by atoms with van der Waals surface area (Å²) in [6, 6.07) is 1.39. The van der Waals surface area contributed by atoms with E-state index in [-0.39, 0.29) is 17.5 Å². The maximum absolute atomic E-state index is 10.9. The van der Waals surface area contributed by atoms with Crippen LogP contribution in [0.5, 0.6) is 0 Å². The van der Waals surface area contributed by atoms with E-state index in [1.807, 2.05) is 0 Å². The number of H-pyrrole nitrogens is 1. The second-order valence-corrected chi connectivity index (χ2v) is 3.15. The monoisotopic (exact) mass is 194 g/mol. The third-order valence-electron chi connectivity index (χ3n) is 2.01. The molecule has 1 atom stereocenters. The third kappa shape index (κ3) is 1.90. The predicted molar refractivity (Wildman–Crippen MR) is 49.9 cm³/mol. The van der Waals surface area contributed by atoms with Gasteiger partial charge in [0.05, 0.1) is 12.4 Å². The lowest BCUT2D eigenvalue weighted by atomic mass is 10.2. The zero-order chi connectivity index (χ0) is 9.97. The number of aromatic nitrogens is 2. The molecule has 1 fully saturated rings. The number of carbonyl (C=O) groups excluding carboxylic acids is 1. The van der Waals surface area contributed by atoms with Crippen LogP contribution in [0.25, 0.3) is 0 Å². The Kier molecular flexibility index (Phi) is 2.18. The minimum Gasteiger partial charge on any atom is -0.365 e. The normalized spacial score (nSPS) is 20.6. The molecule has 3 N–H and O–H groups in total. The first-order valence-corrected chi connectivity index (χ1v) is 4.32. The zero-order valence-corrected chi connectivity index (χ0v) is 7.41. The lowest BCUT2D eigenvalue weighted by Gasteiger charge is -2.09. The molecule has 2 rings (SSSR count). The molecule has 2 heterocycles. The van der Waals surface area contributed by atoms with Gasteiger partial charge < -0.3 is 15.6 Å². The molecule has 0 radical (unpaired) electrons. The zero-order valence-electron chi connectivity index (χ0n) is 7.41. The van der Waals surface area contributed by atoms with Crippen LogP contribution in [0.2, 0.25) is 0 Å². The van der Waals surface area contributed by atoms with Crippen LogP contribution in [-0.4, -0.2) is 28.5 Å². The molecule has 1 aromatic rings. The predicted octanol–water partition coefficient (Wildman–Crippen LogP) is -0.930. The van der Waals surface area contributed by atoms with E-state index in [0.717, 1.165) is 0 Å². The first kappa shape index (κ1) is 8.74. The van der Waals surface area contributed by atoms with Crippen molar-refractivity contribution in [2.45, 2.75) is 12.5 Å². The molecule has 1 amide bonds. The van der Waals surface area contributed by atoms with E-state index in [1.54, 1.807) is 0 Å². The van der Waals surface area contributed by atoms with Crippen LogP contribution >= 0.6 is 0 Å². The highest BCUT2D eigenvalue weighted by molar-refractivity contribution is 5.79. The van der Waals surface area contributed by atoms with Crippen molar-refractivity contribution >= 4 is 11.7 Å². The average Bonchev–Trinajstić information content (AvgIpc) is 2.51. The molecular formula is C8H10N4O2. The molecular weight excluding hydrogens is 184 g/mol. The molecule has 6 heteroatoms. The van der Waals surface area contributed by atoms with Gasteiger partial charge >= 0.3 is 0 Å². The molecule has 0 bridgehead atoms. The van der Waals surface area contributed by atoms with Crippen molar-refractivity contribution in [1.29, 1.82) is 0 Å². The largest absolute Gasteiger partial charge is 0.365 e. The van der Waals surface area contributed by atoms with Crippen molar-refractivity contribution in [3.8, 4) is 0 Å². The SMILES string of the molecule is O=C1CC(Nc2cc(=O)[nH]cn2)CN1. The second kappa shape index (κ2) is 3.49. The summed E-state index contributed by atoms with van der Waals surface area (Å²) in [6.45, 7) is 0.577. The first-order valence-electron chi connectivity index (χ1n) is 4.32. The summed E-state index contributed by atoms with van der Waals surface area (Å²) in [7, 11) is 0. The number of aromatic amines is 1. The van der Waals surface area contributed by atoms with Crippen molar-refractivity contribution in [3.63, 3.8) is 0 Å². The Morgan fingerprint density at radius 1 is 1.50 bits per heavy atom. The minimum absolute atomic E-state index is 0.0207. The lowest BCUT2D eigenvalue weighted by molar-refractivity contribution is -0.119. The van der Waals surface area contributed by atoms with Crippen LogP contribution < -0.4 is 16.2 Å². The highest BCUT2D eigenvalue weighted by Crippen LogP contribution is 2.06. The number of hydrogen-bond donors (Lipinski definition) is 3. The van der Waals surface area contributed by atoms with E-state index in [0.29, 0.717) is 18.8 Å². The van der Waals surface area contributed by atoms with E-state index in [1.165, 1.54) is 12.4 Å². The maximum atomic E-state index is 10.9. The van der Waals surface area contributed by atoms with Crippen molar-refractivity contribution in [2.24, 2.45) is 0 Å². The topological polar surface area (TPSA) is 86.9 Å². The summed E-state index contributed by atoms with van der Waals surface area (Å²) in [4.78, 5) is 28.1. The fourth-order valence-electron chi connectivity index (χ4n) is 1.36. The van der Waals surface area contributed by atoms with Crippen LogP contribution in [0.15, 0.2) is 17.2 Å². The van der Waals surface area contributed by atoms with Crippen LogP contribution in [0.3, 0.4) is 0 Å². The quantitative estimate of drug-likeness (QED) is 0.567. The summed E-state index contributed by atoms with van der Waals surface area (Å²) < 4.78 is 0. The van der Waals surface area contributed by atoms with E-state index in [4.69, 9.17) is 0 Å².